The summed E-state index contributed by atoms with van der Waals surface area (Å²) in [6.07, 6.45) is 5.37. The molecule has 0 spiro atoms. The number of halogens is 1. The fourth-order valence-corrected chi connectivity index (χ4v) is 5.15. The Morgan fingerprint density at radius 3 is 2.62 bits per heavy atom. The molecule has 204 valence electrons. The number of ether oxygens (including phenoxy) is 1. The topological polar surface area (TPSA) is 115 Å². The van der Waals surface area contributed by atoms with Crippen LogP contribution in [0, 0.1) is 5.82 Å². The number of hydrogen-bond acceptors (Lipinski definition) is 7. The zero-order chi connectivity index (χ0) is 28.2. The van der Waals surface area contributed by atoms with Gasteiger partial charge >= 0.3 is 0 Å². The van der Waals surface area contributed by atoms with Crippen molar-refractivity contribution in [3.63, 3.8) is 0 Å². The molecule has 0 aliphatic heterocycles. The highest BCUT2D eigenvalue weighted by Gasteiger charge is 2.28. The first-order valence-electron chi connectivity index (χ1n) is 12.5. The van der Waals surface area contributed by atoms with Crippen LogP contribution in [0.25, 0.3) is 20.8 Å². The zero-order valence-corrected chi connectivity index (χ0v) is 22.7. The Morgan fingerprint density at radius 1 is 1.10 bits per heavy atom. The normalized spacial score (nSPS) is 12.0. The number of aromatic nitrogens is 3. The van der Waals surface area contributed by atoms with Crippen LogP contribution < -0.4 is 15.8 Å². The first-order chi connectivity index (χ1) is 19.3. The van der Waals surface area contributed by atoms with E-state index in [1.54, 1.807) is 48.9 Å². The molecule has 1 atom stereocenters. The van der Waals surface area contributed by atoms with E-state index in [0.717, 1.165) is 34.4 Å². The van der Waals surface area contributed by atoms with E-state index in [-0.39, 0.29) is 11.3 Å². The van der Waals surface area contributed by atoms with Gasteiger partial charge in [-0.1, -0.05) is 24.3 Å². The number of carbonyl (C=O) groups excluding carboxylic acids is 2. The van der Waals surface area contributed by atoms with E-state index in [1.165, 1.54) is 23.5 Å². The second-order valence-corrected chi connectivity index (χ2v) is 10.5. The number of likely N-dealkylation sites (N-methyl/N-ethyl adjacent to an activating group) is 1. The van der Waals surface area contributed by atoms with Gasteiger partial charge in [-0.2, -0.15) is 0 Å². The van der Waals surface area contributed by atoms with Gasteiger partial charge in [-0.25, -0.2) is 9.37 Å². The van der Waals surface area contributed by atoms with Gasteiger partial charge < -0.3 is 25.3 Å². The van der Waals surface area contributed by atoms with Crippen LogP contribution in [0.1, 0.15) is 11.5 Å². The molecule has 0 saturated carbocycles. The highest BCUT2D eigenvalue weighted by atomic mass is 32.1. The van der Waals surface area contributed by atoms with E-state index in [1.807, 2.05) is 30.9 Å². The van der Waals surface area contributed by atoms with Crippen molar-refractivity contribution < 1.29 is 18.7 Å². The molecule has 3 N–H and O–H groups in total. The molecule has 5 rings (SSSR count). The van der Waals surface area contributed by atoms with E-state index in [9.17, 15) is 9.59 Å². The maximum atomic E-state index is 15.2. The number of nitrogens with zero attached hydrogens (tertiary/aromatic N) is 4. The molecule has 3 heterocycles. The molecule has 0 aliphatic rings. The summed E-state index contributed by atoms with van der Waals surface area (Å²) in [6.45, 7) is 1.71. The number of thiophene rings is 1. The lowest BCUT2D eigenvalue weighted by molar-refractivity contribution is -0.127. The van der Waals surface area contributed by atoms with E-state index in [2.05, 4.69) is 20.2 Å². The van der Waals surface area contributed by atoms with Crippen LogP contribution in [0.2, 0.25) is 0 Å². The number of para-hydroxylation sites is 1. The SMILES string of the molecule is CN(C)CCn1cnc(-c2cc3nccc(Oc4ccc(C(C(N)=O)C(=O)Nc5ccccc5)cc4F)c3s2)c1. The third kappa shape index (κ3) is 6.00. The summed E-state index contributed by atoms with van der Waals surface area (Å²) in [5.74, 6) is -3.31. The summed E-state index contributed by atoms with van der Waals surface area (Å²) < 4.78 is 23.9. The molecular weight excluding hydrogens is 531 g/mol. The number of benzene rings is 2. The predicted molar refractivity (Wildman–Crippen MR) is 153 cm³/mol. The molecule has 0 radical (unpaired) electrons. The van der Waals surface area contributed by atoms with Gasteiger partial charge in [-0.15, -0.1) is 11.3 Å². The Hall–Kier alpha value is -4.61. The van der Waals surface area contributed by atoms with Gasteiger partial charge in [0.15, 0.2) is 11.6 Å². The summed E-state index contributed by atoms with van der Waals surface area (Å²) >= 11 is 1.45. The molecule has 2 aromatic carbocycles. The lowest BCUT2D eigenvalue weighted by Gasteiger charge is -2.15. The van der Waals surface area contributed by atoms with Crippen molar-refractivity contribution in [3.05, 3.63) is 90.8 Å². The van der Waals surface area contributed by atoms with Gasteiger partial charge in [-0.05, 0) is 50.0 Å². The quantitative estimate of drug-likeness (QED) is 0.237. The molecule has 2 amide bonds. The number of hydrogen-bond donors (Lipinski definition) is 2. The standard InChI is InChI=1S/C29H27FN6O3S/c1-35(2)12-13-36-16-22(33-17-36)25-15-21-27(40-25)24(10-11-32-21)39-23-9-8-18(14-20(23)30)26(28(31)37)29(38)34-19-6-4-3-5-7-19/h3-11,14-17,26H,12-13H2,1-2H3,(H2,31,37)(H,34,38). The predicted octanol–water partition coefficient (Wildman–Crippen LogP) is 4.86. The summed E-state index contributed by atoms with van der Waals surface area (Å²) in [7, 11) is 4.04. The third-order valence-corrected chi connectivity index (χ3v) is 7.33. The van der Waals surface area contributed by atoms with Crippen LogP contribution in [-0.2, 0) is 16.1 Å². The summed E-state index contributed by atoms with van der Waals surface area (Å²) in [6, 6.07) is 16.1. The Morgan fingerprint density at radius 2 is 1.90 bits per heavy atom. The largest absolute Gasteiger partial charge is 0.453 e. The lowest BCUT2D eigenvalue weighted by atomic mass is 9.97. The van der Waals surface area contributed by atoms with Crippen molar-refractivity contribution in [2.75, 3.05) is 26.0 Å². The molecule has 0 saturated heterocycles. The molecule has 1 unspecified atom stereocenters. The lowest BCUT2D eigenvalue weighted by Crippen LogP contribution is -2.32. The number of carbonyl (C=O) groups is 2. The van der Waals surface area contributed by atoms with E-state index in [0.29, 0.717) is 17.0 Å². The maximum Gasteiger partial charge on any atom is 0.241 e. The van der Waals surface area contributed by atoms with Gasteiger partial charge in [0.2, 0.25) is 11.8 Å². The highest BCUT2D eigenvalue weighted by molar-refractivity contribution is 7.22. The number of nitrogens with one attached hydrogen (secondary N) is 1. The molecule has 9 nitrogen and oxygen atoms in total. The average Bonchev–Trinajstić information content (AvgIpc) is 3.57. The number of nitrogens with two attached hydrogens (primary N) is 1. The van der Waals surface area contributed by atoms with Crippen LogP contribution in [0.3, 0.4) is 0 Å². The van der Waals surface area contributed by atoms with E-state index < -0.39 is 23.5 Å². The maximum absolute atomic E-state index is 15.2. The number of primary amides is 1. The Balaban J connectivity index is 1.37. The number of imidazole rings is 1. The van der Waals surface area contributed by atoms with Crippen molar-refractivity contribution in [3.8, 4) is 22.1 Å². The number of pyridine rings is 1. The monoisotopic (exact) mass is 558 g/mol. The average molecular weight is 559 g/mol. The summed E-state index contributed by atoms with van der Waals surface area (Å²) in [5.41, 5.74) is 7.64. The Kier molecular flexibility index (Phi) is 7.85. The van der Waals surface area contributed by atoms with Gasteiger partial charge in [0, 0.05) is 37.2 Å². The molecule has 0 aliphatic carbocycles. The second-order valence-electron chi connectivity index (χ2n) is 9.42. The number of anilines is 1. The molecule has 3 aromatic heterocycles. The molecule has 0 bridgehead atoms. The minimum Gasteiger partial charge on any atom is -0.453 e. The highest BCUT2D eigenvalue weighted by Crippen LogP contribution is 2.39. The first kappa shape index (κ1) is 27.0. The van der Waals surface area contributed by atoms with Crippen LogP contribution >= 0.6 is 11.3 Å². The van der Waals surface area contributed by atoms with Gasteiger partial charge in [0.25, 0.3) is 0 Å². The zero-order valence-electron chi connectivity index (χ0n) is 21.9. The van der Waals surface area contributed by atoms with E-state index >= 15 is 4.39 Å². The van der Waals surface area contributed by atoms with Crippen molar-refractivity contribution in [2.45, 2.75) is 12.5 Å². The molecular formula is C29H27FN6O3S. The van der Waals surface area contributed by atoms with Crippen LogP contribution in [-0.4, -0.2) is 51.9 Å². The number of amides is 2. The van der Waals surface area contributed by atoms with Crippen molar-refractivity contribution in [1.29, 1.82) is 0 Å². The minimum absolute atomic E-state index is 0.0640. The Labute approximate surface area is 234 Å². The molecule has 0 fully saturated rings. The first-order valence-corrected chi connectivity index (χ1v) is 13.3. The van der Waals surface area contributed by atoms with Gasteiger partial charge in [0.1, 0.15) is 11.7 Å². The number of fused-ring (bicyclic) bond motifs is 1. The molecule has 5 aromatic rings. The van der Waals surface area contributed by atoms with Crippen molar-refractivity contribution in [1.82, 2.24) is 19.4 Å². The van der Waals surface area contributed by atoms with Crippen molar-refractivity contribution in [2.24, 2.45) is 5.73 Å². The molecule has 40 heavy (non-hydrogen) atoms. The summed E-state index contributed by atoms with van der Waals surface area (Å²) in [4.78, 5) is 36.9. The summed E-state index contributed by atoms with van der Waals surface area (Å²) in [5, 5.41) is 2.64. The number of rotatable bonds is 10. The van der Waals surface area contributed by atoms with Crippen molar-refractivity contribution >= 4 is 39.1 Å². The van der Waals surface area contributed by atoms with Crippen LogP contribution in [0.5, 0.6) is 11.5 Å². The molecule has 11 heteroatoms. The second kappa shape index (κ2) is 11.6. The van der Waals surface area contributed by atoms with E-state index in [4.69, 9.17) is 10.5 Å². The van der Waals surface area contributed by atoms with Crippen LogP contribution in [0.15, 0.2) is 79.4 Å². The van der Waals surface area contributed by atoms with Gasteiger partial charge in [-0.3, -0.25) is 14.6 Å². The minimum atomic E-state index is -1.38. The third-order valence-electron chi connectivity index (χ3n) is 6.16. The Bertz CT molecular complexity index is 1670. The smallest absolute Gasteiger partial charge is 0.241 e. The fourth-order valence-electron chi connectivity index (χ4n) is 4.13. The van der Waals surface area contributed by atoms with Gasteiger partial charge in [0.05, 0.1) is 27.1 Å². The van der Waals surface area contributed by atoms with Crippen LogP contribution in [0.4, 0.5) is 10.1 Å². The fraction of sp³-hybridized carbons (Fsp3) is 0.172.